The van der Waals surface area contributed by atoms with Crippen LogP contribution >= 0.6 is 22.9 Å². The van der Waals surface area contributed by atoms with Crippen molar-refractivity contribution in [3.63, 3.8) is 0 Å². The smallest absolute Gasteiger partial charge is 0.305 e. The number of carboxylic acid groups (broad SMARTS) is 1. The van der Waals surface area contributed by atoms with Gasteiger partial charge in [-0.1, -0.05) is 18.5 Å². The molecule has 2 N–H and O–H groups in total. The summed E-state index contributed by atoms with van der Waals surface area (Å²) >= 11 is 6.91. The molecule has 1 aromatic heterocycles. The molecule has 0 bridgehead atoms. The normalized spacial score (nSPS) is 14.1. The summed E-state index contributed by atoms with van der Waals surface area (Å²) in [5, 5.41) is 11.5. The number of carbonyl (C=O) groups excluding carboxylic acids is 1. The molecule has 0 aromatic carbocycles. The third-order valence-corrected chi connectivity index (χ3v) is 3.76. The van der Waals surface area contributed by atoms with Gasteiger partial charge in [0.1, 0.15) is 0 Å². The van der Waals surface area contributed by atoms with Gasteiger partial charge in [-0.05, 0) is 25.5 Å². The van der Waals surface area contributed by atoms with E-state index in [4.69, 9.17) is 16.7 Å². The predicted octanol–water partition coefficient (Wildman–Crippen LogP) is 2.77. The standard InChI is InChI=1S/C11H14ClNO3S/c1-3-11(2,6-9(14)15)13-10(16)7-4-5-8(12)17-7/h4-5H,3,6H2,1-2H3,(H,13,16)(H,14,15)/t11-/m0/s1. The van der Waals surface area contributed by atoms with Crippen LogP contribution in [0.1, 0.15) is 36.4 Å². The van der Waals surface area contributed by atoms with Crippen molar-refractivity contribution in [2.75, 3.05) is 0 Å². The Hall–Kier alpha value is -1.07. The fourth-order valence-corrected chi connectivity index (χ4v) is 2.30. The maximum absolute atomic E-state index is 11.9. The van der Waals surface area contributed by atoms with Gasteiger partial charge in [-0.3, -0.25) is 9.59 Å². The molecule has 1 amide bonds. The SMILES string of the molecule is CC[C@@](C)(CC(=O)O)NC(=O)c1ccc(Cl)s1. The van der Waals surface area contributed by atoms with Crippen molar-refractivity contribution in [1.29, 1.82) is 0 Å². The molecule has 1 aromatic rings. The Morgan fingerprint density at radius 2 is 2.18 bits per heavy atom. The third kappa shape index (κ3) is 4.02. The van der Waals surface area contributed by atoms with E-state index in [2.05, 4.69) is 5.32 Å². The van der Waals surface area contributed by atoms with Crippen LogP contribution in [0.15, 0.2) is 12.1 Å². The van der Waals surface area contributed by atoms with Crippen molar-refractivity contribution in [3.8, 4) is 0 Å². The lowest BCUT2D eigenvalue weighted by Gasteiger charge is -2.27. The van der Waals surface area contributed by atoms with Crippen LogP contribution in [0.4, 0.5) is 0 Å². The van der Waals surface area contributed by atoms with E-state index >= 15 is 0 Å². The molecule has 0 unspecified atom stereocenters. The molecular weight excluding hydrogens is 262 g/mol. The van der Waals surface area contributed by atoms with Crippen LogP contribution in [0.5, 0.6) is 0 Å². The fraction of sp³-hybridized carbons (Fsp3) is 0.455. The molecule has 94 valence electrons. The lowest BCUT2D eigenvalue weighted by Crippen LogP contribution is -2.46. The molecule has 17 heavy (non-hydrogen) atoms. The molecule has 0 aliphatic rings. The fourth-order valence-electron chi connectivity index (χ4n) is 1.36. The van der Waals surface area contributed by atoms with Gasteiger partial charge >= 0.3 is 5.97 Å². The molecule has 4 nitrogen and oxygen atoms in total. The topological polar surface area (TPSA) is 66.4 Å². The zero-order valence-corrected chi connectivity index (χ0v) is 11.2. The number of nitrogens with one attached hydrogen (secondary N) is 1. The number of rotatable bonds is 5. The summed E-state index contributed by atoms with van der Waals surface area (Å²) in [5.41, 5.74) is -0.737. The van der Waals surface area contributed by atoms with Crippen molar-refractivity contribution in [1.82, 2.24) is 5.32 Å². The van der Waals surface area contributed by atoms with E-state index in [-0.39, 0.29) is 12.3 Å². The first-order valence-electron chi connectivity index (χ1n) is 5.16. The highest BCUT2D eigenvalue weighted by Crippen LogP contribution is 2.23. The number of hydrogen-bond donors (Lipinski definition) is 2. The van der Waals surface area contributed by atoms with Gasteiger partial charge in [0.15, 0.2) is 0 Å². The maximum Gasteiger partial charge on any atom is 0.305 e. The van der Waals surface area contributed by atoms with E-state index in [0.29, 0.717) is 15.6 Å². The molecule has 0 radical (unpaired) electrons. The van der Waals surface area contributed by atoms with Gasteiger partial charge < -0.3 is 10.4 Å². The maximum atomic E-state index is 11.9. The molecule has 0 spiro atoms. The molecule has 0 aliphatic heterocycles. The molecule has 0 fully saturated rings. The average Bonchev–Trinajstić information content (AvgIpc) is 2.63. The highest BCUT2D eigenvalue weighted by Gasteiger charge is 2.28. The van der Waals surface area contributed by atoms with Gasteiger partial charge in [-0.25, -0.2) is 0 Å². The summed E-state index contributed by atoms with van der Waals surface area (Å²) in [5.74, 6) is -1.22. The number of halogens is 1. The van der Waals surface area contributed by atoms with Crippen molar-refractivity contribution in [2.45, 2.75) is 32.2 Å². The minimum atomic E-state index is -0.932. The Morgan fingerprint density at radius 1 is 1.53 bits per heavy atom. The number of amides is 1. The number of carboxylic acids is 1. The highest BCUT2D eigenvalue weighted by atomic mass is 35.5. The third-order valence-electron chi connectivity index (χ3n) is 2.53. The molecule has 0 saturated carbocycles. The average molecular weight is 276 g/mol. The van der Waals surface area contributed by atoms with Gasteiger partial charge in [0.2, 0.25) is 0 Å². The van der Waals surface area contributed by atoms with Crippen molar-refractivity contribution in [3.05, 3.63) is 21.3 Å². The minimum Gasteiger partial charge on any atom is -0.481 e. The van der Waals surface area contributed by atoms with Crippen molar-refractivity contribution in [2.24, 2.45) is 0 Å². The second-order valence-corrected chi connectivity index (χ2v) is 5.76. The number of thiophene rings is 1. The number of hydrogen-bond acceptors (Lipinski definition) is 3. The Bertz CT molecular complexity index is 432. The molecule has 1 heterocycles. The summed E-state index contributed by atoms with van der Waals surface area (Å²) in [6.45, 7) is 3.55. The van der Waals surface area contributed by atoms with Crippen LogP contribution in [0.3, 0.4) is 0 Å². The molecule has 6 heteroatoms. The van der Waals surface area contributed by atoms with Gasteiger partial charge in [0, 0.05) is 5.54 Å². The quantitative estimate of drug-likeness (QED) is 0.868. The second-order valence-electron chi connectivity index (χ2n) is 4.04. The molecular formula is C11H14ClNO3S. The van der Waals surface area contributed by atoms with Gasteiger partial charge in [0.25, 0.3) is 5.91 Å². The summed E-state index contributed by atoms with van der Waals surface area (Å²) in [4.78, 5) is 23.1. The van der Waals surface area contributed by atoms with Crippen LogP contribution in [0.25, 0.3) is 0 Å². The summed E-state index contributed by atoms with van der Waals surface area (Å²) in [6.07, 6.45) is 0.443. The summed E-state index contributed by atoms with van der Waals surface area (Å²) in [6, 6.07) is 3.26. The van der Waals surface area contributed by atoms with E-state index in [9.17, 15) is 9.59 Å². The Morgan fingerprint density at radius 3 is 2.59 bits per heavy atom. The first kappa shape index (κ1) is 14.0. The lowest BCUT2D eigenvalue weighted by atomic mass is 9.94. The van der Waals surface area contributed by atoms with E-state index in [1.807, 2.05) is 6.92 Å². The zero-order valence-electron chi connectivity index (χ0n) is 9.62. The van der Waals surface area contributed by atoms with E-state index in [0.717, 1.165) is 0 Å². The van der Waals surface area contributed by atoms with E-state index in [1.54, 1.807) is 19.1 Å². The molecule has 1 rings (SSSR count). The van der Waals surface area contributed by atoms with Gasteiger partial charge in [-0.15, -0.1) is 11.3 Å². The van der Waals surface area contributed by atoms with Crippen molar-refractivity contribution >= 4 is 34.8 Å². The Balaban J connectivity index is 2.74. The summed E-state index contributed by atoms with van der Waals surface area (Å²) < 4.78 is 0.534. The molecule has 0 saturated heterocycles. The van der Waals surface area contributed by atoms with Crippen LogP contribution < -0.4 is 5.32 Å². The van der Waals surface area contributed by atoms with Crippen LogP contribution in [0, 0.1) is 0 Å². The zero-order chi connectivity index (χ0) is 13.1. The van der Waals surface area contributed by atoms with Crippen LogP contribution in [-0.4, -0.2) is 22.5 Å². The van der Waals surface area contributed by atoms with Gasteiger partial charge in [-0.2, -0.15) is 0 Å². The lowest BCUT2D eigenvalue weighted by molar-refractivity contribution is -0.138. The van der Waals surface area contributed by atoms with Crippen molar-refractivity contribution < 1.29 is 14.7 Å². The Labute approximate surface area is 109 Å². The second kappa shape index (κ2) is 5.51. The van der Waals surface area contributed by atoms with Crippen LogP contribution in [0.2, 0.25) is 4.34 Å². The first-order valence-corrected chi connectivity index (χ1v) is 6.35. The van der Waals surface area contributed by atoms with E-state index in [1.165, 1.54) is 11.3 Å². The number of carbonyl (C=O) groups is 2. The minimum absolute atomic E-state index is 0.103. The Kier molecular flexibility index (Phi) is 4.54. The van der Waals surface area contributed by atoms with E-state index < -0.39 is 11.5 Å². The molecule has 0 aliphatic carbocycles. The highest BCUT2D eigenvalue weighted by molar-refractivity contribution is 7.18. The molecule has 1 atom stereocenters. The van der Waals surface area contributed by atoms with Crippen LogP contribution in [-0.2, 0) is 4.79 Å². The summed E-state index contributed by atoms with van der Waals surface area (Å²) in [7, 11) is 0. The van der Waals surface area contributed by atoms with Gasteiger partial charge in [0.05, 0.1) is 15.6 Å². The largest absolute Gasteiger partial charge is 0.481 e. The first-order chi connectivity index (χ1) is 7.86. The monoisotopic (exact) mass is 275 g/mol. The number of aliphatic carboxylic acids is 1. The predicted molar refractivity (Wildman–Crippen MR) is 67.7 cm³/mol.